The number of aromatic nitrogens is 1. The molecule has 2 N–H and O–H groups in total. The first-order valence-electron chi connectivity index (χ1n) is 6.48. The Bertz CT molecular complexity index is 507. The van der Waals surface area contributed by atoms with Gasteiger partial charge in [-0.2, -0.15) is 0 Å². The number of aryl methyl sites for hydroxylation is 2. The molecule has 6 heteroatoms. The number of nitrogens with zero attached hydrogens (tertiary/aromatic N) is 1. The van der Waals surface area contributed by atoms with Crippen molar-refractivity contribution < 1.29 is 14.3 Å². The molecular weight excluding hydrogens is 258 g/mol. The average Bonchev–Trinajstić information content (AvgIpc) is 2.33. The van der Waals surface area contributed by atoms with Gasteiger partial charge in [-0.3, -0.25) is 15.2 Å². The molecule has 110 valence electrons. The van der Waals surface area contributed by atoms with E-state index < -0.39 is 17.6 Å². The van der Waals surface area contributed by atoms with Crippen LogP contribution >= 0.6 is 0 Å². The van der Waals surface area contributed by atoms with Crippen LogP contribution in [0.15, 0.2) is 12.1 Å². The zero-order chi connectivity index (χ0) is 15.3. The highest BCUT2D eigenvalue weighted by Crippen LogP contribution is 2.07. The molecule has 1 aromatic heterocycles. The highest BCUT2D eigenvalue weighted by Gasteiger charge is 2.17. The van der Waals surface area contributed by atoms with Crippen molar-refractivity contribution in [2.24, 2.45) is 0 Å². The van der Waals surface area contributed by atoms with E-state index in [0.717, 1.165) is 17.8 Å². The number of hydrogen-bond acceptors (Lipinski definition) is 4. The lowest BCUT2D eigenvalue weighted by molar-refractivity contribution is 0.0483. The molecule has 20 heavy (non-hydrogen) atoms. The van der Waals surface area contributed by atoms with E-state index >= 15 is 0 Å². The number of nitrogens with one attached hydrogen (secondary N) is 2. The van der Waals surface area contributed by atoms with E-state index in [1.165, 1.54) is 0 Å². The monoisotopic (exact) mass is 279 g/mol. The van der Waals surface area contributed by atoms with Crippen molar-refractivity contribution in [2.45, 2.75) is 46.6 Å². The Kier molecular flexibility index (Phi) is 5.07. The molecule has 0 saturated carbocycles. The van der Waals surface area contributed by atoms with Gasteiger partial charge in [0.15, 0.2) is 0 Å². The largest absolute Gasteiger partial charge is 0.443 e. The number of carbonyl (C=O) groups excluding carboxylic acids is 2. The molecule has 0 spiro atoms. The van der Waals surface area contributed by atoms with E-state index in [9.17, 15) is 9.59 Å². The Morgan fingerprint density at radius 1 is 1.25 bits per heavy atom. The van der Waals surface area contributed by atoms with Crippen LogP contribution in [-0.4, -0.2) is 22.6 Å². The lowest BCUT2D eigenvalue weighted by Gasteiger charge is -2.19. The standard InChI is InChI=1S/C14H21N3O3/c1-6-11-8-10(7-9(2)15-11)12(18)16-17-13(19)20-14(3,4)5/h7-8H,6H2,1-5H3,(H,16,18)(H,17,19). The molecule has 0 aliphatic carbocycles. The van der Waals surface area contributed by atoms with Crippen LogP contribution in [0.25, 0.3) is 0 Å². The number of ether oxygens (including phenoxy) is 1. The average molecular weight is 279 g/mol. The highest BCUT2D eigenvalue weighted by molar-refractivity contribution is 5.95. The molecular formula is C14H21N3O3. The molecule has 2 amide bonds. The number of carbonyl (C=O) groups is 2. The topological polar surface area (TPSA) is 80.3 Å². The fourth-order valence-corrected chi connectivity index (χ4v) is 1.53. The summed E-state index contributed by atoms with van der Waals surface area (Å²) in [4.78, 5) is 27.6. The Balaban J connectivity index is 2.63. The minimum absolute atomic E-state index is 0.406. The van der Waals surface area contributed by atoms with E-state index in [0.29, 0.717) is 5.56 Å². The van der Waals surface area contributed by atoms with Gasteiger partial charge in [0, 0.05) is 17.0 Å². The van der Waals surface area contributed by atoms with E-state index in [2.05, 4.69) is 15.8 Å². The molecule has 1 heterocycles. The van der Waals surface area contributed by atoms with Gasteiger partial charge >= 0.3 is 6.09 Å². The zero-order valence-electron chi connectivity index (χ0n) is 12.5. The molecule has 0 fully saturated rings. The lowest BCUT2D eigenvalue weighted by atomic mass is 10.1. The summed E-state index contributed by atoms with van der Waals surface area (Å²) in [6.45, 7) is 9.01. The summed E-state index contributed by atoms with van der Waals surface area (Å²) in [5.41, 5.74) is 5.94. The summed E-state index contributed by atoms with van der Waals surface area (Å²) in [7, 11) is 0. The summed E-state index contributed by atoms with van der Waals surface area (Å²) in [6, 6.07) is 3.35. The number of hydrazine groups is 1. The Morgan fingerprint density at radius 2 is 1.90 bits per heavy atom. The van der Waals surface area contributed by atoms with Crippen molar-refractivity contribution >= 4 is 12.0 Å². The van der Waals surface area contributed by atoms with Gasteiger partial charge in [-0.15, -0.1) is 0 Å². The molecule has 0 radical (unpaired) electrons. The van der Waals surface area contributed by atoms with E-state index in [1.54, 1.807) is 32.9 Å². The molecule has 6 nitrogen and oxygen atoms in total. The van der Waals surface area contributed by atoms with Gasteiger partial charge in [0.1, 0.15) is 5.60 Å². The first kappa shape index (κ1) is 15.9. The number of hydrogen-bond donors (Lipinski definition) is 2. The summed E-state index contributed by atoms with van der Waals surface area (Å²) < 4.78 is 5.02. The fraction of sp³-hybridized carbons (Fsp3) is 0.500. The van der Waals surface area contributed by atoms with Gasteiger partial charge in [0.05, 0.1) is 0 Å². The smallest absolute Gasteiger partial charge is 0.426 e. The van der Waals surface area contributed by atoms with Gasteiger partial charge in [0.25, 0.3) is 5.91 Å². The van der Waals surface area contributed by atoms with Crippen LogP contribution in [-0.2, 0) is 11.2 Å². The van der Waals surface area contributed by atoms with Crippen LogP contribution in [0.5, 0.6) is 0 Å². The second-order valence-electron chi connectivity index (χ2n) is 5.42. The molecule has 0 atom stereocenters. The van der Waals surface area contributed by atoms with E-state index in [-0.39, 0.29) is 0 Å². The predicted molar refractivity (Wildman–Crippen MR) is 75.2 cm³/mol. The van der Waals surface area contributed by atoms with Crippen molar-refractivity contribution in [1.82, 2.24) is 15.8 Å². The van der Waals surface area contributed by atoms with Gasteiger partial charge in [-0.25, -0.2) is 10.2 Å². The van der Waals surface area contributed by atoms with Crippen molar-refractivity contribution in [3.05, 3.63) is 29.1 Å². The van der Waals surface area contributed by atoms with Gasteiger partial charge < -0.3 is 4.74 Å². The summed E-state index contributed by atoms with van der Waals surface area (Å²) in [5, 5.41) is 0. The quantitative estimate of drug-likeness (QED) is 0.813. The lowest BCUT2D eigenvalue weighted by Crippen LogP contribution is -2.44. The van der Waals surface area contributed by atoms with Crippen LogP contribution in [0.1, 0.15) is 49.4 Å². The highest BCUT2D eigenvalue weighted by atomic mass is 16.6. The maximum Gasteiger partial charge on any atom is 0.426 e. The Morgan fingerprint density at radius 3 is 2.45 bits per heavy atom. The van der Waals surface area contributed by atoms with Gasteiger partial charge in [0.2, 0.25) is 0 Å². The van der Waals surface area contributed by atoms with Gasteiger partial charge in [-0.1, -0.05) is 6.92 Å². The maximum absolute atomic E-state index is 11.9. The molecule has 1 aromatic rings. The molecule has 0 aliphatic rings. The molecule has 0 saturated heterocycles. The van der Waals surface area contributed by atoms with Crippen molar-refractivity contribution in [1.29, 1.82) is 0 Å². The molecule has 0 aliphatic heterocycles. The normalized spacial score (nSPS) is 10.8. The minimum Gasteiger partial charge on any atom is -0.443 e. The van der Waals surface area contributed by atoms with Crippen LogP contribution in [0, 0.1) is 6.92 Å². The van der Waals surface area contributed by atoms with Crippen LogP contribution in [0.4, 0.5) is 4.79 Å². The van der Waals surface area contributed by atoms with Gasteiger partial charge in [-0.05, 0) is 46.2 Å². The molecule has 0 unspecified atom stereocenters. The summed E-state index contributed by atoms with van der Waals surface area (Å²) in [6.07, 6.45) is 0.0360. The Hall–Kier alpha value is -2.11. The van der Waals surface area contributed by atoms with Crippen molar-refractivity contribution in [3.8, 4) is 0 Å². The van der Waals surface area contributed by atoms with Crippen molar-refractivity contribution in [2.75, 3.05) is 0 Å². The second kappa shape index (κ2) is 6.36. The number of pyridine rings is 1. The second-order valence-corrected chi connectivity index (χ2v) is 5.42. The number of rotatable bonds is 2. The third-order valence-electron chi connectivity index (χ3n) is 2.31. The SMILES string of the molecule is CCc1cc(C(=O)NNC(=O)OC(C)(C)C)cc(C)n1. The zero-order valence-corrected chi connectivity index (χ0v) is 12.5. The first-order valence-corrected chi connectivity index (χ1v) is 6.48. The van der Waals surface area contributed by atoms with Crippen LogP contribution in [0.3, 0.4) is 0 Å². The Labute approximate surface area is 118 Å². The minimum atomic E-state index is -0.702. The molecule has 1 rings (SSSR count). The molecule has 0 aromatic carbocycles. The fourth-order valence-electron chi connectivity index (χ4n) is 1.53. The van der Waals surface area contributed by atoms with Crippen LogP contribution in [0.2, 0.25) is 0 Å². The summed E-state index contributed by atoms with van der Waals surface area (Å²) >= 11 is 0. The third kappa shape index (κ3) is 5.26. The van der Waals surface area contributed by atoms with Crippen molar-refractivity contribution in [3.63, 3.8) is 0 Å². The third-order valence-corrected chi connectivity index (χ3v) is 2.31. The maximum atomic E-state index is 11.9. The number of amides is 2. The van der Waals surface area contributed by atoms with E-state index in [1.807, 2.05) is 13.8 Å². The first-order chi connectivity index (χ1) is 9.21. The van der Waals surface area contributed by atoms with E-state index in [4.69, 9.17) is 4.74 Å². The van der Waals surface area contributed by atoms with Crippen LogP contribution < -0.4 is 10.9 Å². The predicted octanol–water partition coefficient (Wildman–Crippen LogP) is 2.12. The summed E-state index contributed by atoms with van der Waals surface area (Å²) in [5.74, 6) is -0.406. The molecule has 0 bridgehead atoms.